The van der Waals surface area contributed by atoms with E-state index >= 15 is 0 Å². The molecule has 1 aromatic heterocycles. The van der Waals surface area contributed by atoms with Crippen molar-refractivity contribution in [3.8, 4) is 5.69 Å². The van der Waals surface area contributed by atoms with Crippen LogP contribution in [0.4, 0.5) is 0 Å². The van der Waals surface area contributed by atoms with Crippen LogP contribution < -0.4 is 10.6 Å². The number of nitrogens with one attached hydrogen (secondary N) is 2. The summed E-state index contributed by atoms with van der Waals surface area (Å²) in [5.41, 5.74) is 1.06. The van der Waals surface area contributed by atoms with E-state index in [1.54, 1.807) is 13.4 Å². The largest absolute Gasteiger partial charge is 0.354 e. The van der Waals surface area contributed by atoms with Gasteiger partial charge in [-0.1, -0.05) is 37.5 Å². The first-order valence-electron chi connectivity index (χ1n) is 8.28. The Labute approximate surface area is 160 Å². The monoisotopic (exact) mass is 440 g/mol. The number of hydrogen-bond donors (Lipinski definition) is 2. The van der Waals surface area contributed by atoms with Gasteiger partial charge in [0, 0.05) is 18.8 Å². The highest BCUT2D eigenvalue weighted by molar-refractivity contribution is 14.0. The number of nitrogens with zero attached hydrogens (tertiary/aromatic N) is 4. The summed E-state index contributed by atoms with van der Waals surface area (Å²) in [5, 5.41) is 15.1. The molecule has 0 bridgehead atoms. The minimum absolute atomic E-state index is 0. The predicted molar refractivity (Wildman–Crippen MR) is 107 cm³/mol. The number of rotatable bonds is 4. The van der Waals surface area contributed by atoms with E-state index in [0.29, 0.717) is 12.6 Å². The van der Waals surface area contributed by atoms with Gasteiger partial charge in [-0.05, 0) is 25.0 Å². The van der Waals surface area contributed by atoms with Crippen molar-refractivity contribution in [2.45, 2.75) is 44.7 Å². The minimum atomic E-state index is 0. The Balaban J connectivity index is 0.00000208. The second kappa shape index (κ2) is 9.61. The van der Waals surface area contributed by atoms with Crippen molar-refractivity contribution in [3.05, 3.63) is 42.5 Å². The fraction of sp³-hybridized carbons (Fsp3) is 0.471. The SMILES string of the molecule is CN=C(NCc1nncn1-c1ccccc1)NC1CCCCC1.I. The van der Waals surface area contributed by atoms with Gasteiger partial charge < -0.3 is 10.6 Å². The first kappa shape index (κ1) is 18.7. The van der Waals surface area contributed by atoms with Gasteiger partial charge in [-0.2, -0.15) is 0 Å². The highest BCUT2D eigenvalue weighted by Crippen LogP contribution is 2.17. The molecule has 0 amide bonds. The zero-order valence-corrected chi connectivity index (χ0v) is 16.3. The van der Waals surface area contributed by atoms with Crippen LogP contribution in [0, 0.1) is 0 Å². The summed E-state index contributed by atoms with van der Waals surface area (Å²) in [5.74, 6) is 1.70. The predicted octanol–water partition coefficient (Wildman–Crippen LogP) is 2.88. The maximum absolute atomic E-state index is 4.32. The van der Waals surface area contributed by atoms with E-state index in [2.05, 4.69) is 25.8 Å². The summed E-state index contributed by atoms with van der Waals surface area (Å²) in [6.07, 6.45) is 8.14. The van der Waals surface area contributed by atoms with Crippen LogP contribution >= 0.6 is 24.0 Å². The Morgan fingerprint density at radius 3 is 2.67 bits per heavy atom. The molecule has 1 aliphatic rings. The normalized spacial score (nSPS) is 15.6. The molecule has 1 aromatic carbocycles. The molecule has 0 saturated heterocycles. The van der Waals surface area contributed by atoms with Gasteiger partial charge in [-0.3, -0.25) is 9.56 Å². The van der Waals surface area contributed by atoms with Crippen LogP contribution in [0.2, 0.25) is 0 Å². The third-order valence-electron chi connectivity index (χ3n) is 4.24. The van der Waals surface area contributed by atoms with Gasteiger partial charge in [-0.15, -0.1) is 34.2 Å². The Morgan fingerprint density at radius 1 is 1.21 bits per heavy atom. The maximum atomic E-state index is 4.32. The zero-order chi connectivity index (χ0) is 15.9. The van der Waals surface area contributed by atoms with Crippen molar-refractivity contribution in [3.63, 3.8) is 0 Å². The molecule has 2 aromatic rings. The summed E-state index contributed by atoms with van der Waals surface area (Å²) in [6.45, 7) is 0.585. The van der Waals surface area contributed by atoms with Crippen molar-refractivity contribution < 1.29 is 0 Å². The molecule has 0 radical (unpaired) electrons. The first-order valence-corrected chi connectivity index (χ1v) is 8.28. The molecule has 3 rings (SSSR count). The molecule has 24 heavy (non-hydrogen) atoms. The van der Waals surface area contributed by atoms with E-state index in [0.717, 1.165) is 17.5 Å². The molecular formula is C17H25IN6. The molecule has 0 unspecified atom stereocenters. The quantitative estimate of drug-likeness (QED) is 0.436. The van der Waals surface area contributed by atoms with E-state index in [4.69, 9.17) is 0 Å². The summed E-state index contributed by atoms with van der Waals surface area (Å²) < 4.78 is 1.99. The van der Waals surface area contributed by atoms with E-state index in [1.165, 1.54) is 32.1 Å². The van der Waals surface area contributed by atoms with E-state index in [-0.39, 0.29) is 24.0 Å². The van der Waals surface area contributed by atoms with Crippen LogP contribution in [0.5, 0.6) is 0 Å². The fourth-order valence-corrected chi connectivity index (χ4v) is 2.98. The van der Waals surface area contributed by atoms with Gasteiger partial charge in [0.05, 0.1) is 6.54 Å². The molecule has 1 heterocycles. The lowest BCUT2D eigenvalue weighted by molar-refractivity contribution is 0.410. The topological polar surface area (TPSA) is 67.1 Å². The second-order valence-electron chi connectivity index (χ2n) is 5.86. The molecule has 6 nitrogen and oxygen atoms in total. The molecule has 1 aliphatic carbocycles. The highest BCUT2D eigenvalue weighted by atomic mass is 127. The van der Waals surface area contributed by atoms with Crippen molar-refractivity contribution in [1.82, 2.24) is 25.4 Å². The molecule has 0 atom stereocenters. The highest BCUT2D eigenvalue weighted by Gasteiger charge is 2.15. The fourth-order valence-electron chi connectivity index (χ4n) is 2.98. The Bertz CT molecular complexity index is 634. The number of halogens is 1. The van der Waals surface area contributed by atoms with Crippen molar-refractivity contribution in [2.75, 3.05) is 7.05 Å². The summed E-state index contributed by atoms with van der Waals surface area (Å²) in [6, 6.07) is 10.6. The maximum Gasteiger partial charge on any atom is 0.191 e. The number of benzene rings is 1. The van der Waals surface area contributed by atoms with E-state index < -0.39 is 0 Å². The summed E-state index contributed by atoms with van der Waals surface area (Å²) in [7, 11) is 1.81. The molecule has 7 heteroatoms. The number of para-hydroxylation sites is 1. The Hall–Kier alpha value is -1.64. The standard InChI is InChI=1S/C17H24N6.HI/c1-18-17(21-14-8-4-2-5-9-14)19-12-16-22-20-13-23(16)15-10-6-3-7-11-15;/h3,6-7,10-11,13-14H,2,4-5,8-9,12H2,1H3,(H2,18,19,21);1H. The van der Waals surface area contributed by atoms with Crippen LogP contribution in [0.3, 0.4) is 0 Å². The van der Waals surface area contributed by atoms with Gasteiger partial charge in [-0.25, -0.2) is 0 Å². The van der Waals surface area contributed by atoms with Crippen molar-refractivity contribution >= 4 is 29.9 Å². The van der Waals surface area contributed by atoms with Crippen LogP contribution in [0.1, 0.15) is 37.9 Å². The van der Waals surface area contributed by atoms with Crippen LogP contribution in [-0.2, 0) is 6.54 Å². The lowest BCUT2D eigenvalue weighted by Gasteiger charge is -2.24. The third-order valence-corrected chi connectivity index (χ3v) is 4.24. The van der Waals surface area contributed by atoms with Crippen LogP contribution in [0.25, 0.3) is 5.69 Å². The molecule has 0 spiro atoms. The average molecular weight is 440 g/mol. The first-order chi connectivity index (χ1) is 11.4. The number of guanidine groups is 1. The smallest absolute Gasteiger partial charge is 0.191 e. The van der Waals surface area contributed by atoms with Crippen molar-refractivity contribution in [2.24, 2.45) is 4.99 Å². The van der Waals surface area contributed by atoms with E-state index in [9.17, 15) is 0 Å². The Kier molecular flexibility index (Phi) is 7.48. The summed E-state index contributed by atoms with van der Waals surface area (Å²) in [4.78, 5) is 4.32. The average Bonchev–Trinajstić information content (AvgIpc) is 3.09. The molecule has 1 saturated carbocycles. The number of aliphatic imine (C=N–C) groups is 1. The van der Waals surface area contributed by atoms with Gasteiger partial charge in [0.2, 0.25) is 0 Å². The molecule has 130 valence electrons. The third kappa shape index (κ3) is 4.93. The lowest BCUT2D eigenvalue weighted by atomic mass is 9.96. The number of aromatic nitrogens is 3. The molecular weight excluding hydrogens is 415 g/mol. The Morgan fingerprint density at radius 2 is 1.96 bits per heavy atom. The molecule has 0 aliphatic heterocycles. The zero-order valence-electron chi connectivity index (χ0n) is 14.0. The van der Waals surface area contributed by atoms with Gasteiger partial charge in [0.25, 0.3) is 0 Å². The number of hydrogen-bond acceptors (Lipinski definition) is 3. The summed E-state index contributed by atoms with van der Waals surface area (Å²) >= 11 is 0. The van der Waals surface area contributed by atoms with Crippen molar-refractivity contribution in [1.29, 1.82) is 0 Å². The molecule has 1 fully saturated rings. The molecule has 2 N–H and O–H groups in total. The van der Waals surface area contributed by atoms with Crippen LogP contribution in [0.15, 0.2) is 41.7 Å². The van der Waals surface area contributed by atoms with Gasteiger partial charge in [0.1, 0.15) is 6.33 Å². The lowest BCUT2D eigenvalue weighted by Crippen LogP contribution is -2.44. The van der Waals surface area contributed by atoms with Gasteiger partial charge in [0.15, 0.2) is 11.8 Å². The minimum Gasteiger partial charge on any atom is -0.354 e. The van der Waals surface area contributed by atoms with E-state index in [1.807, 2.05) is 34.9 Å². The van der Waals surface area contributed by atoms with Crippen LogP contribution in [-0.4, -0.2) is 33.8 Å². The second-order valence-corrected chi connectivity index (χ2v) is 5.86. The van der Waals surface area contributed by atoms with Gasteiger partial charge >= 0.3 is 0 Å².